The van der Waals surface area contributed by atoms with Crippen LogP contribution >= 0.6 is 0 Å². The molecule has 2 aliphatic rings. The lowest BCUT2D eigenvalue weighted by atomic mass is 9.91. The number of nitrogens with zero attached hydrogens (tertiary/aromatic N) is 1. The molecule has 3 rings (SSSR count). The van der Waals surface area contributed by atoms with Gasteiger partial charge in [0, 0.05) is 37.4 Å². The molecule has 1 atom stereocenters. The number of hydrogen-bond acceptors (Lipinski definition) is 3. The fraction of sp³-hybridized carbons (Fsp3) is 0.600. The van der Waals surface area contributed by atoms with E-state index in [1.807, 2.05) is 13.8 Å². The van der Waals surface area contributed by atoms with Gasteiger partial charge in [-0.3, -0.25) is 9.59 Å². The zero-order valence-corrected chi connectivity index (χ0v) is 15.6. The van der Waals surface area contributed by atoms with Gasteiger partial charge in [0.25, 0.3) is 0 Å². The molecular formula is C20H28N2O3. The van der Waals surface area contributed by atoms with Crippen molar-refractivity contribution in [2.75, 3.05) is 24.7 Å². The third-order valence-electron chi connectivity index (χ3n) is 5.42. The Morgan fingerprint density at radius 3 is 2.40 bits per heavy atom. The Morgan fingerprint density at radius 1 is 1.20 bits per heavy atom. The molecule has 0 unspecified atom stereocenters. The second-order valence-corrected chi connectivity index (χ2v) is 7.81. The second kappa shape index (κ2) is 6.79. The van der Waals surface area contributed by atoms with Crippen LogP contribution in [-0.4, -0.2) is 37.1 Å². The average molecular weight is 344 g/mol. The summed E-state index contributed by atoms with van der Waals surface area (Å²) in [5.74, 6) is -0.262. The molecule has 25 heavy (non-hydrogen) atoms. The Labute approximate surface area is 149 Å². The number of aryl methyl sites for hydroxylation is 3. The lowest BCUT2D eigenvalue weighted by Gasteiger charge is -2.35. The van der Waals surface area contributed by atoms with Gasteiger partial charge in [-0.15, -0.1) is 0 Å². The normalized spacial score (nSPS) is 23.0. The molecule has 0 radical (unpaired) electrons. The first kappa shape index (κ1) is 17.9. The van der Waals surface area contributed by atoms with Crippen molar-refractivity contribution in [1.29, 1.82) is 0 Å². The third-order valence-corrected chi connectivity index (χ3v) is 5.42. The van der Waals surface area contributed by atoms with Crippen molar-refractivity contribution in [3.63, 3.8) is 0 Å². The average Bonchev–Trinajstić information content (AvgIpc) is 2.88. The van der Waals surface area contributed by atoms with Crippen molar-refractivity contribution < 1.29 is 14.3 Å². The molecule has 2 saturated heterocycles. The number of carbonyl (C=O) groups is 2. The van der Waals surface area contributed by atoms with E-state index in [1.54, 1.807) is 4.90 Å². The van der Waals surface area contributed by atoms with E-state index >= 15 is 0 Å². The smallest absolute Gasteiger partial charge is 0.227 e. The van der Waals surface area contributed by atoms with E-state index in [0.29, 0.717) is 19.8 Å². The highest BCUT2D eigenvalue weighted by atomic mass is 16.5. The van der Waals surface area contributed by atoms with E-state index in [1.165, 1.54) is 5.56 Å². The van der Waals surface area contributed by atoms with Crippen molar-refractivity contribution in [3.8, 4) is 0 Å². The van der Waals surface area contributed by atoms with Gasteiger partial charge in [0.05, 0.1) is 5.92 Å². The molecule has 1 aromatic carbocycles. The lowest BCUT2D eigenvalue weighted by molar-refractivity contribution is -0.128. The van der Waals surface area contributed by atoms with Gasteiger partial charge in [0.1, 0.15) is 0 Å². The maximum absolute atomic E-state index is 12.7. The van der Waals surface area contributed by atoms with Crippen LogP contribution in [0.2, 0.25) is 0 Å². The van der Waals surface area contributed by atoms with Crippen LogP contribution < -0.4 is 10.2 Å². The van der Waals surface area contributed by atoms with Gasteiger partial charge >= 0.3 is 0 Å². The molecule has 1 aromatic rings. The molecule has 2 amide bonds. The highest BCUT2D eigenvalue weighted by Gasteiger charge is 2.39. The van der Waals surface area contributed by atoms with Crippen molar-refractivity contribution >= 4 is 17.5 Å². The Hall–Kier alpha value is -1.88. The summed E-state index contributed by atoms with van der Waals surface area (Å²) in [7, 11) is 0. The Morgan fingerprint density at radius 2 is 1.80 bits per heavy atom. The summed E-state index contributed by atoms with van der Waals surface area (Å²) < 4.78 is 5.39. The van der Waals surface area contributed by atoms with Crippen molar-refractivity contribution in [1.82, 2.24) is 5.32 Å². The predicted octanol–water partition coefficient (Wildman–Crippen LogP) is 2.65. The molecule has 0 spiro atoms. The quantitative estimate of drug-likeness (QED) is 0.917. The first-order valence-electron chi connectivity index (χ1n) is 9.07. The van der Waals surface area contributed by atoms with Crippen LogP contribution in [0, 0.1) is 26.7 Å². The first-order chi connectivity index (χ1) is 11.8. The van der Waals surface area contributed by atoms with Gasteiger partial charge in [-0.1, -0.05) is 17.7 Å². The number of benzene rings is 1. The summed E-state index contributed by atoms with van der Waals surface area (Å²) in [6, 6.07) is 4.18. The highest BCUT2D eigenvalue weighted by Crippen LogP contribution is 2.32. The minimum atomic E-state index is -0.285. The van der Waals surface area contributed by atoms with Gasteiger partial charge in [-0.05, 0) is 51.7 Å². The molecule has 0 saturated carbocycles. The second-order valence-electron chi connectivity index (χ2n) is 7.81. The monoisotopic (exact) mass is 344 g/mol. The zero-order chi connectivity index (χ0) is 18.2. The molecule has 136 valence electrons. The van der Waals surface area contributed by atoms with Gasteiger partial charge in [0.2, 0.25) is 11.8 Å². The molecule has 5 nitrogen and oxygen atoms in total. The lowest BCUT2D eigenvalue weighted by Crippen LogP contribution is -2.51. The molecule has 5 heteroatoms. The number of ether oxygens (including phenoxy) is 1. The van der Waals surface area contributed by atoms with E-state index in [0.717, 1.165) is 29.7 Å². The molecule has 0 aromatic heterocycles. The van der Waals surface area contributed by atoms with Gasteiger partial charge in [0.15, 0.2) is 0 Å². The molecule has 2 aliphatic heterocycles. The standard InChI is InChI=1S/C20H28N2O3/c1-13-9-14(2)18(15(3)10-13)22-12-16(11-17(22)23)19(24)21-20(4)5-7-25-8-6-20/h9-10,16H,5-8,11-12H2,1-4H3,(H,21,24)/t16-/m1/s1. The van der Waals surface area contributed by atoms with Crippen LogP contribution in [0.1, 0.15) is 42.9 Å². The Kier molecular flexibility index (Phi) is 4.87. The fourth-order valence-corrected chi connectivity index (χ4v) is 4.04. The summed E-state index contributed by atoms with van der Waals surface area (Å²) in [6.07, 6.45) is 1.92. The number of amides is 2. The van der Waals surface area contributed by atoms with Crippen LogP contribution in [0.3, 0.4) is 0 Å². The maximum atomic E-state index is 12.7. The van der Waals surface area contributed by atoms with E-state index in [4.69, 9.17) is 4.74 Å². The van der Waals surface area contributed by atoms with E-state index < -0.39 is 0 Å². The first-order valence-corrected chi connectivity index (χ1v) is 9.07. The van der Waals surface area contributed by atoms with Gasteiger partial charge in [-0.25, -0.2) is 0 Å². The van der Waals surface area contributed by atoms with Crippen LogP contribution in [0.4, 0.5) is 5.69 Å². The number of anilines is 1. The summed E-state index contributed by atoms with van der Waals surface area (Å²) >= 11 is 0. The van der Waals surface area contributed by atoms with Gasteiger partial charge in [-0.2, -0.15) is 0 Å². The van der Waals surface area contributed by atoms with E-state index in [2.05, 4.69) is 31.3 Å². The molecule has 2 heterocycles. The maximum Gasteiger partial charge on any atom is 0.227 e. The summed E-state index contributed by atoms with van der Waals surface area (Å²) in [6.45, 7) is 9.99. The van der Waals surface area contributed by atoms with E-state index in [-0.39, 0.29) is 29.7 Å². The van der Waals surface area contributed by atoms with Gasteiger partial charge < -0.3 is 15.0 Å². The summed E-state index contributed by atoms with van der Waals surface area (Å²) in [5.41, 5.74) is 4.10. The Balaban J connectivity index is 1.73. The largest absolute Gasteiger partial charge is 0.381 e. The molecule has 0 bridgehead atoms. The fourth-order valence-electron chi connectivity index (χ4n) is 4.04. The molecule has 0 aliphatic carbocycles. The Bertz CT molecular complexity index is 669. The van der Waals surface area contributed by atoms with Crippen molar-refractivity contribution in [2.24, 2.45) is 5.92 Å². The molecule has 1 N–H and O–H groups in total. The summed E-state index contributed by atoms with van der Waals surface area (Å²) in [5, 5.41) is 3.17. The zero-order valence-electron chi connectivity index (χ0n) is 15.6. The highest BCUT2D eigenvalue weighted by molar-refractivity contribution is 6.01. The van der Waals surface area contributed by atoms with E-state index in [9.17, 15) is 9.59 Å². The van der Waals surface area contributed by atoms with Crippen LogP contribution in [0.15, 0.2) is 12.1 Å². The SMILES string of the molecule is Cc1cc(C)c(N2C[C@H](C(=O)NC3(C)CCOCC3)CC2=O)c(C)c1. The number of nitrogens with one attached hydrogen (secondary N) is 1. The number of rotatable bonds is 3. The minimum Gasteiger partial charge on any atom is -0.381 e. The van der Waals surface area contributed by atoms with Crippen molar-refractivity contribution in [3.05, 3.63) is 28.8 Å². The number of hydrogen-bond donors (Lipinski definition) is 1. The predicted molar refractivity (Wildman–Crippen MR) is 97.7 cm³/mol. The van der Waals surface area contributed by atoms with Crippen LogP contribution in [-0.2, 0) is 14.3 Å². The third kappa shape index (κ3) is 3.71. The van der Waals surface area contributed by atoms with Crippen LogP contribution in [0.25, 0.3) is 0 Å². The van der Waals surface area contributed by atoms with Crippen LogP contribution in [0.5, 0.6) is 0 Å². The topological polar surface area (TPSA) is 58.6 Å². The molecular weight excluding hydrogens is 316 g/mol. The molecule has 2 fully saturated rings. The summed E-state index contributed by atoms with van der Waals surface area (Å²) in [4.78, 5) is 27.1. The van der Waals surface area contributed by atoms with Crippen molar-refractivity contribution in [2.45, 2.75) is 52.5 Å². The number of carbonyl (C=O) groups excluding carboxylic acids is 2. The minimum absolute atomic E-state index is 0.0114.